The third kappa shape index (κ3) is 3.35. The summed E-state index contributed by atoms with van der Waals surface area (Å²) >= 11 is 0. The van der Waals surface area contributed by atoms with Gasteiger partial charge in [-0.1, -0.05) is 52.0 Å². The summed E-state index contributed by atoms with van der Waals surface area (Å²) < 4.78 is 0. The molecule has 0 amide bonds. The Morgan fingerprint density at radius 2 is 0.939 bits per heavy atom. The number of nitrogens with zero attached hydrogens (tertiary/aromatic N) is 2. The van der Waals surface area contributed by atoms with Crippen LogP contribution in [0.3, 0.4) is 0 Å². The van der Waals surface area contributed by atoms with Crippen molar-refractivity contribution in [2.45, 2.75) is 38.5 Å². The molecule has 5 aromatic rings. The first-order chi connectivity index (χ1) is 15.3. The van der Waals surface area contributed by atoms with E-state index in [1.807, 2.05) is 0 Å². The minimum atomic E-state index is -0.301. The average molecular weight is 608 g/mol. The maximum absolute atomic E-state index is 5.19. The van der Waals surface area contributed by atoms with Crippen molar-refractivity contribution in [2.75, 3.05) is 0 Å². The summed E-state index contributed by atoms with van der Waals surface area (Å²) in [7, 11) is 0. The Hall–Kier alpha value is -2.83. The van der Waals surface area contributed by atoms with Gasteiger partial charge in [0, 0.05) is 33.0 Å². The van der Waals surface area contributed by atoms with E-state index in [1.165, 1.54) is 0 Å². The molecule has 3 heteroatoms. The molecule has 6 rings (SSSR count). The number of fused-ring (bicyclic) bond motifs is 7. The van der Waals surface area contributed by atoms with Gasteiger partial charge in [-0.2, -0.15) is 36.4 Å². The predicted octanol–water partition coefficient (Wildman–Crippen LogP) is 7.01. The minimum absolute atomic E-state index is 0. The summed E-state index contributed by atoms with van der Waals surface area (Å²) in [6.45, 7) is 8.87. The summed E-state index contributed by atoms with van der Waals surface area (Å²) in [5, 5.41) is 2.22. The molecule has 1 aliphatic rings. The first kappa shape index (κ1) is 22.0. The second kappa shape index (κ2) is 7.60. The fourth-order valence-electron chi connectivity index (χ4n) is 4.72. The third-order valence-electron chi connectivity index (χ3n) is 7.03. The van der Waals surface area contributed by atoms with Crippen molar-refractivity contribution in [3.63, 3.8) is 0 Å². The van der Waals surface area contributed by atoms with Gasteiger partial charge in [0.05, 0.1) is 11.0 Å². The van der Waals surface area contributed by atoms with Crippen molar-refractivity contribution in [1.82, 2.24) is 9.97 Å². The molecule has 0 atom stereocenters. The number of pyridine rings is 2. The van der Waals surface area contributed by atoms with E-state index >= 15 is 0 Å². The normalized spacial score (nSPS) is 15.5. The van der Waals surface area contributed by atoms with Crippen LogP contribution in [0.1, 0.15) is 50.2 Å². The topological polar surface area (TPSA) is 25.8 Å². The van der Waals surface area contributed by atoms with Crippen LogP contribution in [-0.4, -0.2) is 9.97 Å². The Morgan fingerprint density at radius 1 is 0.545 bits per heavy atom. The quantitative estimate of drug-likeness (QED) is 0.140. The molecule has 0 saturated carbocycles. The van der Waals surface area contributed by atoms with Gasteiger partial charge < -0.3 is 0 Å². The zero-order chi connectivity index (χ0) is 22.1. The van der Waals surface area contributed by atoms with Crippen molar-refractivity contribution in [2.24, 2.45) is 0 Å². The molecule has 164 valence electrons. The van der Waals surface area contributed by atoms with E-state index in [1.54, 1.807) is 0 Å². The predicted molar refractivity (Wildman–Crippen MR) is 131 cm³/mol. The zero-order valence-electron chi connectivity index (χ0n) is 19.1. The number of hydrogen-bond donors (Lipinski definition) is 0. The van der Waals surface area contributed by atoms with Crippen molar-refractivity contribution >= 4 is 21.8 Å². The number of rotatable bonds is 0. The largest absolute Gasteiger partial charge is 2.00 e. The molecule has 33 heavy (non-hydrogen) atoms. The van der Waals surface area contributed by atoms with Gasteiger partial charge in [-0.3, -0.25) is 0 Å². The van der Waals surface area contributed by atoms with Crippen LogP contribution in [0.25, 0.3) is 32.9 Å². The Kier molecular flexibility index (Phi) is 5.07. The van der Waals surface area contributed by atoms with Crippen molar-refractivity contribution < 1.29 is 21.1 Å². The van der Waals surface area contributed by atoms with Crippen LogP contribution in [0.4, 0.5) is 0 Å². The molecule has 8 bridgehead atoms. The summed E-state index contributed by atoms with van der Waals surface area (Å²) in [4.78, 5) is 10.4. The average Bonchev–Trinajstić information content (AvgIpc) is 2.83. The van der Waals surface area contributed by atoms with Crippen LogP contribution in [0.2, 0.25) is 0 Å². The van der Waals surface area contributed by atoms with Crippen molar-refractivity contribution in [3.05, 3.63) is 107 Å². The molecule has 0 aliphatic carbocycles. The first-order valence-electron chi connectivity index (χ1n) is 11.1. The van der Waals surface area contributed by atoms with Crippen LogP contribution in [0, 0.1) is 12.1 Å². The fourth-order valence-corrected chi connectivity index (χ4v) is 4.72. The minimum Gasteiger partial charge on any atom is -0.250 e. The molecule has 2 nitrogen and oxygen atoms in total. The van der Waals surface area contributed by atoms with Crippen LogP contribution in [-0.2, 0) is 31.9 Å². The number of hydrogen-bond acceptors (Lipinski definition) is 2. The summed E-state index contributed by atoms with van der Waals surface area (Å²) in [5.74, 6) is 0. The molecule has 0 saturated heterocycles. The molecular formula is C30H24N2Pt. The van der Waals surface area contributed by atoms with Gasteiger partial charge in [0.2, 0.25) is 0 Å². The van der Waals surface area contributed by atoms with E-state index in [0.717, 1.165) is 55.4 Å². The standard InChI is InChI=1S/C30H24N2.Pt/c1-29(2)23-9-5-7-21(17-23)22-8-6-10-24(18-22)30(3,4)26-16-14-20-12-11-19-13-15-25(29)31-27(19)28(20)32-26;/h5-16H,1-4H3;/q-2;+2. The van der Waals surface area contributed by atoms with Gasteiger partial charge in [0.25, 0.3) is 0 Å². The second-order valence-corrected chi connectivity index (χ2v) is 9.81. The number of aromatic nitrogens is 2. The van der Waals surface area contributed by atoms with Gasteiger partial charge in [0.1, 0.15) is 0 Å². The molecule has 0 N–H and O–H groups in total. The van der Waals surface area contributed by atoms with E-state index in [-0.39, 0.29) is 31.9 Å². The van der Waals surface area contributed by atoms with E-state index in [9.17, 15) is 0 Å². The van der Waals surface area contributed by atoms with Crippen LogP contribution in [0.15, 0.2) is 72.8 Å². The van der Waals surface area contributed by atoms with Gasteiger partial charge in [0.15, 0.2) is 0 Å². The van der Waals surface area contributed by atoms with Crippen LogP contribution in [0.5, 0.6) is 0 Å². The molecule has 0 unspecified atom stereocenters. The van der Waals surface area contributed by atoms with Crippen LogP contribution >= 0.6 is 0 Å². The number of benzene rings is 3. The Labute approximate surface area is 209 Å². The molecular weight excluding hydrogens is 583 g/mol. The van der Waals surface area contributed by atoms with Crippen molar-refractivity contribution in [1.29, 1.82) is 0 Å². The van der Waals surface area contributed by atoms with Gasteiger partial charge in [-0.05, 0) is 12.1 Å². The SMILES string of the molecule is CC1(C)c2[c-]c(ccc2)-c2[c-]c(ccc2)C(C)(C)c2ccc3ccc4ccc1nc4c3n2.[Pt+2]. The third-order valence-corrected chi connectivity index (χ3v) is 7.03. The summed E-state index contributed by atoms with van der Waals surface area (Å²) in [6, 6.07) is 33.0. The molecule has 3 aromatic carbocycles. The van der Waals surface area contributed by atoms with Gasteiger partial charge >= 0.3 is 21.1 Å². The molecule has 1 aliphatic heterocycles. The van der Waals surface area contributed by atoms with Crippen LogP contribution < -0.4 is 0 Å². The Bertz CT molecular complexity index is 1420. The first-order valence-corrected chi connectivity index (χ1v) is 11.1. The van der Waals surface area contributed by atoms with Crippen molar-refractivity contribution in [3.8, 4) is 11.1 Å². The molecule has 2 aromatic heterocycles. The summed E-state index contributed by atoms with van der Waals surface area (Å²) in [6.07, 6.45) is 0. The summed E-state index contributed by atoms with van der Waals surface area (Å²) in [5.41, 5.74) is 7.69. The molecule has 0 fully saturated rings. The van der Waals surface area contributed by atoms with E-state index in [4.69, 9.17) is 9.97 Å². The Balaban J connectivity index is 0.00000228. The second-order valence-electron chi connectivity index (χ2n) is 9.81. The smallest absolute Gasteiger partial charge is 0.250 e. The molecule has 0 spiro atoms. The van der Waals surface area contributed by atoms with Gasteiger partial charge in [-0.25, -0.2) is 21.1 Å². The van der Waals surface area contributed by atoms with E-state index in [0.29, 0.717) is 0 Å². The maximum atomic E-state index is 5.19. The monoisotopic (exact) mass is 607 g/mol. The maximum Gasteiger partial charge on any atom is 2.00 e. The van der Waals surface area contributed by atoms with Gasteiger partial charge in [-0.15, -0.1) is 23.3 Å². The molecule has 3 heterocycles. The van der Waals surface area contributed by atoms with E-state index < -0.39 is 0 Å². The van der Waals surface area contributed by atoms with E-state index in [2.05, 4.69) is 113 Å². The Morgan fingerprint density at radius 3 is 1.36 bits per heavy atom. The zero-order valence-corrected chi connectivity index (χ0v) is 21.4. The molecule has 0 radical (unpaired) electrons. The fraction of sp³-hybridized carbons (Fsp3) is 0.200.